The van der Waals surface area contributed by atoms with Crippen molar-refractivity contribution in [2.45, 2.75) is 19.3 Å². The number of rotatable bonds is 8. The number of Topliss-reactive ketones (excluding diaryl/α,β-unsaturated/α-hetero) is 1. The van der Waals surface area contributed by atoms with Crippen LogP contribution in [0.15, 0.2) is 83.3 Å². The van der Waals surface area contributed by atoms with Gasteiger partial charge in [0.25, 0.3) is 0 Å². The predicted molar refractivity (Wildman–Crippen MR) is 141 cm³/mol. The van der Waals surface area contributed by atoms with E-state index in [1.54, 1.807) is 6.92 Å². The van der Waals surface area contributed by atoms with Gasteiger partial charge in [0, 0.05) is 56.4 Å². The van der Waals surface area contributed by atoms with Crippen LogP contribution in [-0.2, 0) is 4.79 Å². The summed E-state index contributed by atoms with van der Waals surface area (Å²) in [5.41, 5.74) is 6.86. The maximum Gasteiger partial charge on any atom is 0.130 e. The number of allylic oxidation sites excluding steroid dienone is 1. The number of hydrogen-bond acceptors (Lipinski definition) is 3. The molecule has 0 fully saturated rings. The lowest BCUT2D eigenvalue weighted by Gasteiger charge is -2.19. The molecule has 166 valence electrons. The molecule has 0 saturated carbocycles. The van der Waals surface area contributed by atoms with Crippen LogP contribution >= 0.6 is 15.9 Å². The molecule has 0 radical (unpaired) electrons. The van der Waals surface area contributed by atoms with E-state index < -0.39 is 0 Å². The quantitative estimate of drug-likeness (QED) is 0.347. The van der Waals surface area contributed by atoms with Crippen LogP contribution < -0.4 is 9.80 Å². The summed E-state index contributed by atoms with van der Waals surface area (Å²) in [6, 6.07) is 25.4. The third kappa shape index (κ3) is 6.10. The minimum Gasteiger partial charge on any atom is -0.378 e. The minimum atomic E-state index is -0.00218. The molecule has 0 aliphatic carbocycles. The summed E-state index contributed by atoms with van der Waals surface area (Å²) in [6.07, 6.45) is 2.72. The summed E-state index contributed by atoms with van der Waals surface area (Å²) >= 11 is 3.52. The Bertz CT molecular complexity index is 1010. The van der Waals surface area contributed by atoms with Gasteiger partial charge in [0.1, 0.15) is 5.78 Å². The van der Waals surface area contributed by atoms with Crippen LogP contribution in [-0.4, -0.2) is 34.0 Å². The fraction of sp³-hybridized carbons (Fsp3) is 0.250. The smallest absolute Gasteiger partial charge is 0.130 e. The van der Waals surface area contributed by atoms with Crippen molar-refractivity contribution < 1.29 is 4.79 Å². The van der Waals surface area contributed by atoms with Crippen LogP contribution in [0.1, 0.15) is 36.0 Å². The highest BCUT2D eigenvalue weighted by atomic mass is 79.9. The van der Waals surface area contributed by atoms with Crippen molar-refractivity contribution in [1.29, 1.82) is 0 Å². The Hall–Kier alpha value is -2.85. The maximum absolute atomic E-state index is 12.1. The topological polar surface area (TPSA) is 23.6 Å². The zero-order chi connectivity index (χ0) is 23.3. The first kappa shape index (κ1) is 23.8. The molecule has 0 amide bonds. The molecule has 3 aromatic carbocycles. The second-order valence-electron chi connectivity index (χ2n) is 8.53. The number of hydrogen-bond donors (Lipinski definition) is 0. The summed E-state index contributed by atoms with van der Waals surface area (Å²) in [7, 11) is 8.18. The van der Waals surface area contributed by atoms with E-state index in [0.717, 1.165) is 38.1 Å². The highest BCUT2D eigenvalue weighted by Gasteiger charge is 2.15. The number of anilines is 2. The zero-order valence-corrected chi connectivity index (χ0v) is 21.1. The summed E-state index contributed by atoms with van der Waals surface area (Å²) in [5, 5.41) is 0. The average molecular weight is 491 g/mol. The molecular formula is C28H31BrN2O. The number of carbonyl (C=O) groups is 1. The van der Waals surface area contributed by atoms with Crippen molar-refractivity contribution in [2.75, 3.05) is 38.0 Å². The lowest BCUT2D eigenvalue weighted by atomic mass is 9.87. The van der Waals surface area contributed by atoms with E-state index >= 15 is 0 Å². The Kier molecular flexibility index (Phi) is 7.92. The van der Waals surface area contributed by atoms with E-state index in [-0.39, 0.29) is 11.7 Å². The SMILES string of the molecule is CC(=O)C[C@H](C=C(c1ccc(N(C)C)cc1)c1ccc(N(C)C)cc1)c1ccc(Br)cc1. The largest absolute Gasteiger partial charge is 0.378 e. The Morgan fingerprint density at radius 1 is 0.781 bits per heavy atom. The Morgan fingerprint density at radius 2 is 1.22 bits per heavy atom. The molecule has 3 rings (SSSR count). The van der Waals surface area contributed by atoms with Gasteiger partial charge in [0.15, 0.2) is 0 Å². The monoisotopic (exact) mass is 490 g/mol. The van der Waals surface area contributed by atoms with E-state index in [9.17, 15) is 4.79 Å². The van der Waals surface area contributed by atoms with E-state index in [0.29, 0.717) is 6.42 Å². The van der Waals surface area contributed by atoms with Crippen molar-refractivity contribution >= 4 is 38.7 Å². The molecule has 0 bridgehead atoms. The van der Waals surface area contributed by atoms with Gasteiger partial charge in [-0.05, 0) is 65.6 Å². The Balaban J connectivity index is 2.12. The van der Waals surface area contributed by atoms with Crippen molar-refractivity contribution in [2.24, 2.45) is 0 Å². The standard InChI is InChI=1S/C28H31BrN2O/c1-20(32)18-24(21-6-12-25(29)13-7-21)19-28(22-8-14-26(15-9-22)30(2)3)23-10-16-27(17-11-23)31(4)5/h6-17,19,24H,18H2,1-5H3/t24-/m1/s1. The van der Waals surface area contributed by atoms with Gasteiger partial charge < -0.3 is 9.80 Å². The van der Waals surface area contributed by atoms with Gasteiger partial charge in [-0.25, -0.2) is 0 Å². The molecule has 0 unspecified atom stereocenters. The lowest BCUT2D eigenvalue weighted by molar-refractivity contribution is -0.117. The lowest BCUT2D eigenvalue weighted by Crippen LogP contribution is -2.09. The molecular weight excluding hydrogens is 460 g/mol. The second kappa shape index (κ2) is 10.6. The Morgan fingerprint density at radius 3 is 1.59 bits per heavy atom. The number of carbonyl (C=O) groups excluding carboxylic acids is 1. The van der Waals surface area contributed by atoms with Gasteiger partial charge in [-0.2, -0.15) is 0 Å². The Labute approximate surface area is 200 Å². The van der Waals surface area contributed by atoms with Crippen molar-refractivity contribution in [3.8, 4) is 0 Å². The highest BCUT2D eigenvalue weighted by Crippen LogP contribution is 2.33. The van der Waals surface area contributed by atoms with E-state index in [1.165, 1.54) is 0 Å². The molecule has 0 aliphatic rings. The first-order chi connectivity index (χ1) is 15.2. The van der Waals surface area contributed by atoms with E-state index in [4.69, 9.17) is 0 Å². The van der Waals surface area contributed by atoms with Gasteiger partial charge >= 0.3 is 0 Å². The average Bonchev–Trinajstić information content (AvgIpc) is 2.77. The fourth-order valence-corrected chi connectivity index (χ4v) is 4.00. The molecule has 0 heterocycles. The normalized spacial score (nSPS) is 11.6. The van der Waals surface area contributed by atoms with Crippen molar-refractivity contribution in [1.82, 2.24) is 0 Å². The molecule has 0 N–H and O–H groups in total. The van der Waals surface area contributed by atoms with Gasteiger partial charge in [-0.15, -0.1) is 0 Å². The van der Waals surface area contributed by atoms with Gasteiger partial charge in [0.2, 0.25) is 0 Å². The predicted octanol–water partition coefficient (Wildman–Crippen LogP) is 6.78. The molecule has 0 aromatic heterocycles. The number of nitrogens with zero attached hydrogens (tertiary/aromatic N) is 2. The summed E-state index contributed by atoms with van der Waals surface area (Å²) in [5.74, 6) is 0.178. The molecule has 1 atom stereocenters. The van der Waals surface area contributed by atoms with Crippen LogP contribution in [0, 0.1) is 0 Å². The van der Waals surface area contributed by atoms with Gasteiger partial charge in [0.05, 0.1) is 0 Å². The van der Waals surface area contributed by atoms with E-state index in [1.807, 2.05) is 40.3 Å². The number of ketones is 1. The van der Waals surface area contributed by atoms with Crippen LogP contribution in [0.3, 0.4) is 0 Å². The third-order valence-corrected chi connectivity index (χ3v) is 6.09. The molecule has 0 saturated heterocycles. The second-order valence-corrected chi connectivity index (χ2v) is 9.44. The molecule has 3 aromatic rings. The van der Waals surface area contributed by atoms with Crippen LogP contribution in [0.2, 0.25) is 0 Å². The molecule has 0 aliphatic heterocycles. The van der Waals surface area contributed by atoms with E-state index in [2.05, 4.69) is 92.5 Å². The molecule has 4 heteroatoms. The minimum absolute atomic E-state index is 0.00218. The van der Waals surface area contributed by atoms with Crippen LogP contribution in [0.25, 0.3) is 5.57 Å². The fourth-order valence-electron chi connectivity index (χ4n) is 3.73. The third-order valence-electron chi connectivity index (χ3n) is 5.56. The number of benzene rings is 3. The van der Waals surface area contributed by atoms with Gasteiger partial charge in [-0.3, -0.25) is 4.79 Å². The van der Waals surface area contributed by atoms with Gasteiger partial charge in [-0.1, -0.05) is 58.4 Å². The van der Waals surface area contributed by atoms with Crippen LogP contribution in [0.5, 0.6) is 0 Å². The molecule has 0 spiro atoms. The summed E-state index contributed by atoms with van der Waals surface area (Å²) in [6.45, 7) is 1.66. The molecule has 32 heavy (non-hydrogen) atoms. The first-order valence-corrected chi connectivity index (χ1v) is 11.6. The first-order valence-electron chi connectivity index (χ1n) is 10.8. The summed E-state index contributed by atoms with van der Waals surface area (Å²) in [4.78, 5) is 16.3. The van der Waals surface area contributed by atoms with Crippen LogP contribution in [0.4, 0.5) is 11.4 Å². The maximum atomic E-state index is 12.1. The highest BCUT2D eigenvalue weighted by molar-refractivity contribution is 9.10. The van der Waals surface area contributed by atoms with Crippen molar-refractivity contribution in [3.05, 3.63) is 100 Å². The molecule has 3 nitrogen and oxygen atoms in total. The number of halogens is 1. The zero-order valence-electron chi connectivity index (χ0n) is 19.5. The van der Waals surface area contributed by atoms with Crippen molar-refractivity contribution in [3.63, 3.8) is 0 Å². The summed E-state index contributed by atoms with van der Waals surface area (Å²) < 4.78 is 1.03.